The summed E-state index contributed by atoms with van der Waals surface area (Å²) in [5.41, 5.74) is 2.89. The minimum absolute atomic E-state index is 0.215. The first-order valence-electron chi connectivity index (χ1n) is 8.04. The fourth-order valence-electron chi connectivity index (χ4n) is 2.97. The molecule has 0 spiro atoms. The van der Waals surface area contributed by atoms with Gasteiger partial charge in [-0.05, 0) is 31.2 Å². The van der Waals surface area contributed by atoms with Crippen LogP contribution in [0.2, 0.25) is 5.02 Å². The van der Waals surface area contributed by atoms with Crippen LogP contribution in [0, 0.1) is 0 Å². The van der Waals surface area contributed by atoms with Crippen molar-refractivity contribution in [3.05, 3.63) is 65.2 Å². The topological polar surface area (TPSA) is 64.2 Å². The van der Waals surface area contributed by atoms with Crippen molar-refractivity contribution in [1.82, 2.24) is 24.5 Å². The second-order valence-corrected chi connectivity index (χ2v) is 6.01. The lowest BCUT2D eigenvalue weighted by atomic mass is 10.3. The smallest absolute Gasteiger partial charge is 0.273 e. The van der Waals surface area contributed by atoms with Crippen LogP contribution in [0.25, 0.3) is 16.6 Å². The number of carbonyl (C=O) groups is 1. The van der Waals surface area contributed by atoms with E-state index in [9.17, 15) is 4.79 Å². The zero-order valence-corrected chi connectivity index (χ0v) is 14.4. The van der Waals surface area contributed by atoms with Crippen molar-refractivity contribution in [2.24, 2.45) is 0 Å². The maximum absolute atomic E-state index is 12.5. The van der Waals surface area contributed by atoms with E-state index in [4.69, 9.17) is 11.6 Å². The van der Waals surface area contributed by atoms with Crippen molar-refractivity contribution in [2.45, 2.75) is 20.0 Å². The predicted molar refractivity (Wildman–Crippen MR) is 96.8 cm³/mol. The van der Waals surface area contributed by atoms with Gasteiger partial charge in [0, 0.05) is 12.7 Å². The number of nitrogens with zero attached hydrogens (tertiary/aromatic N) is 4. The van der Waals surface area contributed by atoms with Gasteiger partial charge in [0.2, 0.25) is 0 Å². The van der Waals surface area contributed by atoms with Gasteiger partial charge in [-0.15, -0.1) is 0 Å². The van der Waals surface area contributed by atoms with Gasteiger partial charge in [-0.1, -0.05) is 29.8 Å². The number of halogens is 1. The van der Waals surface area contributed by atoms with Crippen LogP contribution in [0.5, 0.6) is 0 Å². The van der Waals surface area contributed by atoms with Gasteiger partial charge in [-0.2, -0.15) is 5.10 Å². The Kier molecular flexibility index (Phi) is 3.89. The van der Waals surface area contributed by atoms with Crippen molar-refractivity contribution in [3.8, 4) is 0 Å². The normalized spacial score (nSPS) is 11.3. The highest BCUT2D eigenvalue weighted by Gasteiger charge is 2.18. The number of amides is 1. The molecule has 1 aromatic carbocycles. The summed E-state index contributed by atoms with van der Waals surface area (Å²) < 4.78 is 3.68. The Labute approximate surface area is 149 Å². The fraction of sp³-hybridized carbons (Fsp3) is 0.167. The third-order valence-electron chi connectivity index (χ3n) is 4.15. The third-order valence-corrected chi connectivity index (χ3v) is 4.52. The molecule has 1 amide bonds. The first-order valence-corrected chi connectivity index (χ1v) is 8.42. The van der Waals surface area contributed by atoms with Crippen LogP contribution in [0.15, 0.2) is 48.7 Å². The molecule has 0 bridgehead atoms. The molecule has 0 saturated heterocycles. The summed E-state index contributed by atoms with van der Waals surface area (Å²) in [7, 11) is 0. The summed E-state index contributed by atoms with van der Waals surface area (Å²) in [6.07, 6.45) is 1.76. The van der Waals surface area contributed by atoms with Crippen molar-refractivity contribution in [1.29, 1.82) is 0 Å². The highest BCUT2D eigenvalue weighted by molar-refractivity contribution is 6.36. The van der Waals surface area contributed by atoms with Crippen LogP contribution in [-0.2, 0) is 13.1 Å². The van der Waals surface area contributed by atoms with Gasteiger partial charge in [0.15, 0.2) is 5.69 Å². The number of imidazole rings is 1. The lowest BCUT2D eigenvalue weighted by molar-refractivity contribution is 0.0944. The molecule has 25 heavy (non-hydrogen) atoms. The Morgan fingerprint density at radius 1 is 1.16 bits per heavy atom. The number of benzene rings is 1. The number of rotatable bonds is 4. The molecule has 0 radical (unpaired) electrons. The predicted octanol–water partition coefficient (Wildman–Crippen LogP) is 3.29. The summed E-state index contributed by atoms with van der Waals surface area (Å²) in [5, 5.41) is 7.47. The average molecular weight is 354 g/mol. The fourth-order valence-corrected chi connectivity index (χ4v) is 3.24. The van der Waals surface area contributed by atoms with Crippen molar-refractivity contribution in [3.63, 3.8) is 0 Å². The molecule has 0 fully saturated rings. The average Bonchev–Trinajstić information content (AvgIpc) is 3.17. The molecule has 4 rings (SSSR count). The molecular weight excluding hydrogens is 338 g/mol. The molecule has 7 heteroatoms. The standard InChI is InChI=1S/C18H16ClN5O/c1-2-23-13-8-4-3-7-12(13)21-15(23)11-20-18(25)17-16(19)14-9-5-6-10-24(14)22-17/h3-10H,2,11H2,1H3,(H,20,25). The molecule has 0 aliphatic carbocycles. The maximum atomic E-state index is 12.5. The minimum Gasteiger partial charge on any atom is -0.343 e. The third kappa shape index (κ3) is 2.64. The van der Waals surface area contributed by atoms with Crippen LogP contribution < -0.4 is 5.32 Å². The van der Waals surface area contributed by atoms with E-state index in [-0.39, 0.29) is 11.6 Å². The van der Waals surface area contributed by atoms with Gasteiger partial charge >= 0.3 is 0 Å². The highest BCUT2D eigenvalue weighted by atomic mass is 35.5. The largest absolute Gasteiger partial charge is 0.343 e. The van der Waals surface area contributed by atoms with Gasteiger partial charge in [0.1, 0.15) is 5.82 Å². The molecule has 0 unspecified atom stereocenters. The lowest BCUT2D eigenvalue weighted by Gasteiger charge is -2.07. The van der Waals surface area contributed by atoms with E-state index in [2.05, 4.69) is 26.9 Å². The molecule has 0 atom stereocenters. The first-order chi connectivity index (χ1) is 12.2. The zero-order valence-electron chi connectivity index (χ0n) is 13.6. The summed E-state index contributed by atoms with van der Waals surface area (Å²) in [4.78, 5) is 17.1. The molecule has 3 aromatic heterocycles. The molecule has 0 aliphatic rings. The van der Waals surface area contributed by atoms with Crippen LogP contribution >= 0.6 is 11.6 Å². The second-order valence-electron chi connectivity index (χ2n) is 5.64. The highest BCUT2D eigenvalue weighted by Crippen LogP contribution is 2.21. The molecule has 1 N–H and O–H groups in total. The Balaban J connectivity index is 1.60. The Morgan fingerprint density at radius 2 is 1.92 bits per heavy atom. The van der Waals surface area contributed by atoms with E-state index < -0.39 is 0 Å². The molecule has 4 aromatic rings. The number of aromatic nitrogens is 4. The van der Waals surface area contributed by atoms with E-state index in [0.29, 0.717) is 17.1 Å². The van der Waals surface area contributed by atoms with E-state index in [1.165, 1.54) is 0 Å². The SMILES string of the molecule is CCn1c(CNC(=O)c2nn3ccccc3c2Cl)nc2ccccc21. The van der Waals surface area contributed by atoms with Gasteiger partial charge in [-0.3, -0.25) is 4.79 Å². The number of fused-ring (bicyclic) bond motifs is 2. The molecule has 126 valence electrons. The summed E-state index contributed by atoms with van der Waals surface area (Å²) in [6.45, 7) is 3.14. The number of hydrogen-bond donors (Lipinski definition) is 1. The van der Waals surface area contributed by atoms with Crippen molar-refractivity contribution < 1.29 is 4.79 Å². The molecular formula is C18H16ClN5O. The number of hydrogen-bond acceptors (Lipinski definition) is 3. The van der Waals surface area contributed by atoms with Crippen LogP contribution in [-0.4, -0.2) is 25.1 Å². The monoisotopic (exact) mass is 353 g/mol. The van der Waals surface area contributed by atoms with Crippen LogP contribution in [0.1, 0.15) is 23.2 Å². The van der Waals surface area contributed by atoms with Gasteiger partial charge < -0.3 is 9.88 Å². The number of carbonyl (C=O) groups excluding carboxylic acids is 1. The molecule has 6 nitrogen and oxygen atoms in total. The quantitative estimate of drug-likeness (QED) is 0.612. The van der Waals surface area contributed by atoms with Gasteiger partial charge in [0.05, 0.1) is 28.1 Å². The summed E-state index contributed by atoms with van der Waals surface area (Å²) in [5.74, 6) is 0.486. The van der Waals surface area contributed by atoms with Crippen molar-refractivity contribution in [2.75, 3.05) is 0 Å². The number of aryl methyl sites for hydroxylation is 1. The second kappa shape index (κ2) is 6.22. The van der Waals surface area contributed by atoms with Gasteiger partial charge in [0.25, 0.3) is 5.91 Å². The summed E-state index contributed by atoms with van der Waals surface area (Å²) in [6, 6.07) is 13.4. The van der Waals surface area contributed by atoms with E-state index in [1.54, 1.807) is 10.7 Å². The van der Waals surface area contributed by atoms with Crippen LogP contribution in [0.3, 0.4) is 0 Å². The van der Waals surface area contributed by atoms with Crippen molar-refractivity contribution >= 4 is 34.1 Å². The Hall–Kier alpha value is -2.86. The Bertz CT molecular complexity index is 1080. The summed E-state index contributed by atoms with van der Waals surface area (Å²) >= 11 is 6.29. The molecule has 0 aliphatic heterocycles. The lowest BCUT2D eigenvalue weighted by Crippen LogP contribution is -2.25. The van der Waals surface area contributed by atoms with Gasteiger partial charge in [-0.25, -0.2) is 9.50 Å². The van der Waals surface area contributed by atoms with Crippen LogP contribution in [0.4, 0.5) is 0 Å². The zero-order chi connectivity index (χ0) is 17.4. The van der Waals surface area contributed by atoms with E-state index in [0.717, 1.165) is 23.4 Å². The number of para-hydroxylation sites is 2. The van der Waals surface area contributed by atoms with E-state index in [1.807, 2.05) is 42.5 Å². The van der Waals surface area contributed by atoms with E-state index >= 15 is 0 Å². The number of nitrogens with one attached hydrogen (secondary N) is 1. The maximum Gasteiger partial charge on any atom is 0.273 e. The first kappa shape index (κ1) is 15.7. The Morgan fingerprint density at radius 3 is 2.72 bits per heavy atom. The molecule has 3 heterocycles. The molecule has 0 saturated carbocycles. The number of pyridine rings is 1. The minimum atomic E-state index is -0.316.